The lowest BCUT2D eigenvalue weighted by molar-refractivity contribution is 0.630. The third kappa shape index (κ3) is 4.36. The summed E-state index contributed by atoms with van der Waals surface area (Å²) in [4.78, 5) is 15.2. The minimum absolute atomic E-state index is 0.611. The van der Waals surface area contributed by atoms with Gasteiger partial charge in [0.1, 0.15) is 5.58 Å². The summed E-state index contributed by atoms with van der Waals surface area (Å²) in [6, 6.07) is 46.1. The van der Waals surface area contributed by atoms with Crippen LogP contribution >= 0.6 is 0 Å². The van der Waals surface area contributed by atoms with E-state index in [-0.39, 0.29) is 0 Å². The predicted octanol–water partition coefficient (Wildman–Crippen LogP) is 9.78. The minimum atomic E-state index is 0.611. The van der Waals surface area contributed by atoms with E-state index in [1.54, 1.807) is 0 Å². The molecule has 8 aromatic rings. The molecule has 0 amide bonds. The van der Waals surface area contributed by atoms with Gasteiger partial charge in [-0.1, -0.05) is 121 Å². The molecule has 3 heterocycles. The SMILES string of the molecule is C1=C(c2nc(-c3ccccc3)nc(-c3ccc4ccc(-c5ccccc5)cc4c3)n2)c2c(oc3c2ccc2ccccc23)NC1. The zero-order valence-electron chi connectivity index (χ0n) is 24.2. The quantitative estimate of drug-likeness (QED) is 0.225. The average molecular weight is 579 g/mol. The monoisotopic (exact) mass is 578 g/mol. The van der Waals surface area contributed by atoms with Crippen molar-refractivity contribution in [2.45, 2.75) is 0 Å². The van der Waals surface area contributed by atoms with Crippen LogP contribution < -0.4 is 5.32 Å². The molecule has 0 saturated carbocycles. The fourth-order valence-corrected chi connectivity index (χ4v) is 6.31. The maximum Gasteiger partial charge on any atom is 0.202 e. The van der Waals surface area contributed by atoms with E-state index in [1.807, 2.05) is 48.5 Å². The molecule has 6 aromatic carbocycles. The van der Waals surface area contributed by atoms with Crippen LogP contribution in [0.15, 0.2) is 144 Å². The van der Waals surface area contributed by atoms with Crippen molar-refractivity contribution in [2.75, 3.05) is 11.9 Å². The van der Waals surface area contributed by atoms with E-state index in [4.69, 9.17) is 19.4 Å². The van der Waals surface area contributed by atoms with Gasteiger partial charge in [-0.05, 0) is 45.5 Å². The highest BCUT2D eigenvalue weighted by atomic mass is 16.4. The standard InChI is InChI=1S/C40H26N4O/c1-3-9-25(10-4-1)29-17-15-26-16-18-30(24-31(26)23-29)38-42-37(28-12-5-2-6-13-28)43-39(44-38)34-21-22-41-40-35(34)33-20-19-27-11-7-8-14-32(27)36(33)45-40/h1-21,23-24,41H,22H2. The van der Waals surface area contributed by atoms with Gasteiger partial charge < -0.3 is 9.73 Å². The summed E-state index contributed by atoms with van der Waals surface area (Å²) in [5, 5.41) is 8.99. The van der Waals surface area contributed by atoms with Gasteiger partial charge in [0, 0.05) is 34.0 Å². The molecule has 9 rings (SSSR count). The number of furan rings is 1. The first-order valence-corrected chi connectivity index (χ1v) is 15.1. The normalized spacial score (nSPS) is 12.7. The van der Waals surface area contributed by atoms with Gasteiger partial charge in [-0.2, -0.15) is 0 Å². The van der Waals surface area contributed by atoms with Crippen LogP contribution in [-0.2, 0) is 0 Å². The third-order valence-electron chi connectivity index (χ3n) is 8.53. The second-order valence-corrected chi connectivity index (χ2v) is 11.3. The van der Waals surface area contributed by atoms with E-state index >= 15 is 0 Å². The van der Waals surface area contributed by atoms with Gasteiger partial charge >= 0.3 is 0 Å². The van der Waals surface area contributed by atoms with Gasteiger partial charge in [-0.25, -0.2) is 15.0 Å². The van der Waals surface area contributed by atoms with Crippen molar-refractivity contribution in [3.05, 3.63) is 151 Å². The van der Waals surface area contributed by atoms with Crippen LogP contribution in [0.5, 0.6) is 0 Å². The number of aromatic nitrogens is 3. The molecule has 5 heteroatoms. The smallest absolute Gasteiger partial charge is 0.202 e. The number of benzene rings is 6. The molecule has 2 aromatic heterocycles. The lowest BCUT2D eigenvalue weighted by Crippen LogP contribution is -2.10. The maximum atomic E-state index is 6.46. The molecule has 1 N–H and O–H groups in total. The van der Waals surface area contributed by atoms with Crippen LogP contribution in [0.1, 0.15) is 11.4 Å². The Morgan fingerprint density at radius 2 is 1.13 bits per heavy atom. The molecule has 0 spiro atoms. The molecule has 0 aliphatic carbocycles. The predicted molar refractivity (Wildman–Crippen MR) is 183 cm³/mol. The molecular formula is C40H26N4O. The van der Waals surface area contributed by atoms with Crippen molar-refractivity contribution < 1.29 is 4.42 Å². The molecule has 0 bridgehead atoms. The second-order valence-electron chi connectivity index (χ2n) is 11.3. The Hall–Kier alpha value is -6.07. The van der Waals surface area contributed by atoms with Crippen molar-refractivity contribution in [3.8, 4) is 33.9 Å². The maximum absolute atomic E-state index is 6.46. The Morgan fingerprint density at radius 1 is 0.489 bits per heavy atom. The molecule has 5 nitrogen and oxygen atoms in total. The fourth-order valence-electron chi connectivity index (χ4n) is 6.31. The molecule has 1 aliphatic rings. The molecule has 1 aliphatic heterocycles. The van der Waals surface area contributed by atoms with Crippen LogP contribution in [0.4, 0.5) is 5.88 Å². The van der Waals surface area contributed by atoms with Gasteiger partial charge in [-0.3, -0.25) is 0 Å². The van der Waals surface area contributed by atoms with Gasteiger partial charge in [0.15, 0.2) is 17.5 Å². The average Bonchev–Trinajstić information content (AvgIpc) is 3.51. The molecule has 0 unspecified atom stereocenters. The van der Waals surface area contributed by atoms with Crippen LogP contribution in [-0.4, -0.2) is 21.5 Å². The number of nitrogens with zero attached hydrogens (tertiary/aromatic N) is 3. The number of hydrogen-bond acceptors (Lipinski definition) is 5. The van der Waals surface area contributed by atoms with E-state index in [0.29, 0.717) is 24.0 Å². The topological polar surface area (TPSA) is 63.8 Å². The van der Waals surface area contributed by atoms with Crippen LogP contribution in [0.3, 0.4) is 0 Å². The summed E-state index contributed by atoms with van der Waals surface area (Å²) in [6.45, 7) is 0.611. The Kier molecular flexibility index (Phi) is 5.81. The van der Waals surface area contributed by atoms with Crippen molar-refractivity contribution in [3.63, 3.8) is 0 Å². The fraction of sp³-hybridized carbons (Fsp3) is 0.0250. The summed E-state index contributed by atoms with van der Waals surface area (Å²) < 4.78 is 6.46. The minimum Gasteiger partial charge on any atom is -0.439 e. The first kappa shape index (κ1) is 25.4. The van der Waals surface area contributed by atoms with Crippen molar-refractivity contribution in [1.82, 2.24) is 15.0 Å². The van der Waals surface area contributed by atoms with Crippen molar-refractivity contribution >= 4 is 44.0 Å². The zero-order chi connectivity index (χ0) is 29.7. The molecular weight excluding hydrogens is 552 g/mol. The van der Waals surface area contributed by atoms with Crippen molar-refractivity contribution in [1.29, 1.82) is 0 Å². The summed E-state index contributed by atoms with van der Waals surface area (Å²) in [6.07, 6.45) is 2.15. The molecule has 0 saturated heterocycles. The highest BCUT2D eigenvalue weighted by molar-refractivity contribution is 6.11. The number of anilines is 1. The Morgan fingerprint density at radius 3 is 1.96 bits per heavy atom. The van der Waals surface area contributed by atoms with E-state index in [2.05, 4.69) is 96.3 Å². The first-order chi connectivity index (χ1) is 22.3. The Bertz CT molecular complexity index is 2430. The van der Waals surface area contributed by atoms with Crippen molar-refractivity contribution in [2.24, 2.45) is 0 Å². The molecule has 0 fully saturated rings. The molecule has 0 radical (unpaired) electrons. The van der Waals surface area contributed by atoms with Gasteiger partial charge in [-0.15, -0.1) is 0 Å². The first-order valence-electron chi connectivity index (χ1n) is 15.1. The van der Waals surface area contributed by atoms with Crippen LogP contribution in [0, 0.1) is 0 Å². The van der Waals surface area contributed by atoms with E-state index in [1.165, 1.54) is 16.5 Å². The highest BCUT2D eigenvalue weighted by Crippen LogP contribution is 2.42. The number of rotatable bonds is 4. The van der Waals surface area contributed by atoms with Gasteiger partial charge in [0.2, 0.25) is 5.88 Å². The van der Waals surface area contributed by atoms with E-state index in [0.717, 1.165) is 55.3 Å². The number of nitrogens with one attached hydrogen (secondary N) is 1. The molecule has 0 atom stereocenters. The highest BCUT2D eigenvalue weighted by Gasteiger charge is 2.26. The molecule has 45 heavy (non-hydrogen) atoms. The Labute approximate surface area is 259 Å². The zero-order valence-corrected chi connectivity index (χ0v) is 24.2. The van der Waals surface area contributed by atoms with Gasteiger partial charge in [0.05, 0.1) is 5.56 Å². The molecule has 212 valence electrons. The summed E-state index contributed by atoms with van der Waals surface area (Å²) in [5.74, 6) is 2.62. The second kappa shape index (κ2) is 10.3. The lowest BCUT2D eigenvalue weighted by atomic mass is 9.98. The van der Waals surface area contributed by atoms with Gasteiger partial charge in [0.25, 0.3) is 0 Å². The van der Waals surface area contributed by atoms with E-state index in [9.17, 15) is 0 Å². The summed E-state index contributed by atoms with van der Waals surface area (Å²) in [5.41, 5.74) is 7.01. The Balaban J connectivity index is 1.23. The third-order valence-corrected chi connectivity index (χ3v) is 8.53. The van der Waals surface area contributed by atoms with Crippen LogP contribution in [0.2, 0.25) is 0 Å². The van der Waals surface area contributed by atoms with Crippen LogP contribution in [0.25, 0.3) is 72.0 Å². The largest absolute Gasteiger partial charge is 0.439 e. The summed E-state index contributed by atoms with van der Waals surface area (Å²) in [7, 11) is 0. The lowest BCUT2D eigenvalue weighted by Gasteiger charge is -2.15. The van der Waals surface area contributed by atoms with E-state index < -0.39 is 0 Å². The number of hydrogen-bond donors (Lipinski definition) is 1. The summed E-state index contributed by atoms with van der Waals surface area (Å²) >= 11 is 0. The number of fused-ring (bicyclic) bond motifs is 6.